The third kappa shape index (κ3) is 3.10. The van der Waals surface area contributed by atoms with Gasteiger partial charge < -0.3 is 18.9 Å². The van der Waals surface area contributed by atoms with Gasteiger partial charge in [-0.05, 0) is 12.1 Å². The molecule has 0 unspecified atom stereocenters. The van der Waals surface area contributed by atoms with Gasteiger partial charge in [-0.3, -0.25) is 0 Å². The van der Waals surface area contributed by atoms with Crippen LogP contribution in [0.5, 0.6) is 17.2 Å². The fourth-order valence-corrected chi connectivity index (χ4v) is 2.30. The number of rotatable bonds is 5. The van der Waals surface area contributed by atoms with E-state index in [1.165, 1.54) is 33.5 Å². The highest BCUT2D eigenvalue weighted by Gasteiger charge is 2.24. The van der Waals surface area contributed by atoms with Crippen molar-refractivity contribution in [1.29, 1.82) is 0 Å². The molecule has 128 valence electrons. The average Bonchev–Trinajstić information content (AvgIpc) is 2.59. The van der Waals surface area contributed by atoms with Gasteiger partial charge in [-0.2, -0.15) is 0 Å². The normalized spacial score (nSPS) is 10.2. The molecular formula is C17H16F2O5. The van der Waals surface area contributed by atoms with Crippen molar-refractivity contribution in [3.63, 3.8) is 0 Å². The molecule has 2 aromatic carbocycles. The van der Waals surface area contributed by atoms with Gasteiger partial charge in [-0.25, -0.2) is 13.6 Å². The number of esters is 1. The Bertz CT molecular complexity index is 726. The van der Waals surface area contributed by atoms with Crippen molar-refractivity contribution in [2.75, 3.05) is 28.4 Å². The molecule has 0 aromatic heterocycles. The Kier molecular flexibility index (Phi) is 5.23. The second-order valence-electron chi connectivity index (χ2n) is 4.71. The maximum absolute atomic E-state index is 14.5. The number of halogens is 2. The summed E-state index contributed by atoms with van der Waals surface area (Å²) in [5.41, 5.74) is -0.533. The van der Waals surface area contributed by atoms with Crippen LogP contribution in [0.4, 0.5) is 8.78 Å². The molecule has 0 fully saturated rings. The molecule has 0 spiro atoms. The van der Waals surface area contributed by atoms with Gasteiger partial charge in [0.2, 0.25) is 0 Å². The van der Waals surface area contributed by atoms with Crippen LogP contribution in [0.1, 0.15) is 10.4 Å². The molecule has 7 heteroatoms. The van der Waals surface area contributed by atoms with Crippen LogP contribution in [0.3, 0.4) is 0 Å². The van der Waals surface area contributed by atoms with Crippen LogP contribution in [0, 0.1) is 11.6 Å². The molecule has 0 bridgehead atoms. The van der Waals surface area contributed by atoms with Crippen molar-refractivity contribution >= 4 is 5.97 Å². The summed E-state index contributed by atoms with van der Waals surface area (Å²) < 4.78 is 49.0. The van der Waals surface area contributed by atoms with E-state index in [2.05, 4.69) is 4.74 Å². The molecule has 0 aliphatic heterocycles. The highest BCUT2D eigenvalue weighted by molar-refractivity contribution is 5.91. The molecule has 24 heavy (non-hydrogen) atoms. The van der Waals surface area contributed by atoms with Gasteiger partial charge in [0, 0.05) is 12.1 Å². The van der Waals surface area contributed by atoms with Crippen LogP contribution in [0.25, 0.3) is 11.1 Å². The Morgan fingerprint density at radius 2 is 1.29 bits per heavy atom. The zero-order chi connectivity index (χ0) is 17.9. The lowest BCUT2D eigenvalue weighted by Gasteiger charge is -2.16. The zero-order valence-electron chi connectivity index (χ0n) is 13.6. The lowest BCUT2D eigenvalue weighted by molar-refractivity contribution is 0.0599. The second-order valence-corrected chi connectivity index (χ2v) is 4.71. The van der Waals surface area contributed by atoms with Gasteiger partial charge in [-0.1, -0.05) is 0 Å². The lowest BCUT2D eigenvalue weighted by atomic mass is 9.99. The van der Waals surface area contributed by atoms with Crippen LogP contribution in [-0.2, 0) is 4.74 Å². The maximum Gasteiger partial charge on any atom is 0.338 e. The number of benzene rings is 2. The fraction of sp³-hybridized carbons (Fsp3) is 0.235. The SMILES string of the molecule is COC(=O)c1cc(F)c(-c2c(OC)cc(OC)cc2OC)c(F)c1. The maximum atomic E-state index is 14.5. The summed E-state index contributed by atoms with van der Waals surface area (Å²) in [7, 11) is 5.29. The molecule has 0 aliphatic rings. The summed E-state index contributed by atoms with van der Waals surface area (Å²) in [6.45, 7) is 0. The van der Waals surface area contributed by atoms with Crippen LogP contribution in [-0.4, -0.2) is 34.4 Å². The van der Waals surface area contributed by atoms with Crippen molar-refractivity contribution < 1.29 is 32.5 Å². The molecule has 0 aliphatic carbocycles. The first-order chi connectivity index (χ1) is 11.5. The third-order valence-corrected chi connectivity index (χ3v) is 3.43. The smallest absolute Gasteiger partial charge is 0.338 e. The number of carbonyl (C=O) groups excluding carboxylic acids is 1. The van der Waals surface area contributed by atoms with Crippen molar-refractivity contribution in [3.05, 3.63) is 41.5 Å². The number of methoxy groups -OCH3 is 4. The highest BCUT2D eigenvalue weighted by Crippen LogP contribution is 2.44. The standard InChI is InChI=1S/C17H16F2O5/c1-21-10-7-13(22-2)16(14(8-10)23-3)15-11(18)5-9(6-12(15)19)17(20)24-4/h5-8H,1-4H3. The summed E-state index contributed by atoms with van der Waals surface area (Å²) in [6, 6.07) is 4.75. The van der Waals surface area contributed by atoms with Crippen molar-refractivity contribution in [3.8, 4) is 28.4 Å². The molecule has 2 aromatic rings. The van der Waals surface area contributed by atoms with Gasteiger partial charge in [0.15, 0.2) is 0 Å². The van der Waals surface area contributed by atoms with E-state index in [4.69, 9.17) is 14.2 Å². The van der Waals surface area contributed by atoms with Crippen molar-refractivity contribution in [2.45, 2.75) is 0 Å². The van der Waals surface area contributed by atoms with E-state index in [0.29, 0.717) is 5.75 Å². The first kappa shape index (κ1) is 17.5. The Hall–Kier alpha value is -2.83. The Balaban J connectivity index is 2.74. The molecule has 0 atom stereocenters. The molecule has 2 rings (SSSR count). The monoisotopic (exact) mass is 338 g/mol. The lowest BCUT2D eigenvalue weighted by Crippen LogP contribution is -2.05. The number of hydrogen-bond donors (Lipinski definition) is 0. The van der Waals surface area contributed by atoms with E-state index in [1.54, 1.807) is 0 Å². The van der Waals surface area contributed by atoms with Gasteiger partial charge in [0.05, 0.1) is 45.1 Å². The summed E-state index contributed by atoms with van der Waals surface area (Å²) >= 11 is 0. The fourth-order valence-electron chi connectivity index (χ4n) is 2.30. The second kappa shape index (κ2) is 7.16. The Morgan fingerprint density at radius 3 is 1.67 bits per heavy atom. The number of ether oxygens (including phenoxy) is 4. The van der Waals surface area contributed by atoms with Crippen molar-refractivity contribution in [1.82, 2.24) is 0 Å². The largest absolute Gasteiger partial charge is 0.496 e. The molecule has 0 saturated heterocycles. The third-order valence-electron chi connectivity index (χ3n) is 3.43. The summed E-state index contributed by atoms with van der Waals surface area (Å²) in [5.74, 6) is -2.01. The summed E-state index contributed by atoms with van der Waals surface area (Å²) in [6.07, 6.45) is 0. The highest BCUT2D eigenvalue weighted by atomic mass is 19.1. The van der Waals surface area contributed by atoms with Crippen LogP contribution in [0.15, 0.2) is 24.3 Å². The quantitative estimate of drug-likeness (QED) is 0.782. The molecule has 0 radical (unpaired) electrons. The van der Waals surface area contributed by atoms with Gasteiger partial charge in [0.25, 0.3) is 0 Å². The summed E-state index contributed by atoms with van der Waals surface area (Å²) in [5, 5.41) is 0. The Morgan fingerprint density at radius 1 is 0.792 bits per heavy atom. The minimum absolute atomic E-state index is 0.0761. The van der Waals surface area contributed by atoms with E-state index in [-0.39, 0.29) is 28.2 Å². The molecule has 0 N–H and O–H groups in total. The minimum Gasteiger partial charge on any atom is -0.496 e. The van der Waals surface area contributed by atoms with E-state index in [0.717, 1.165) is 19.2 Å². The van der Waals surface area contributed by atoms with E-state index < -0.39 is 17.6 Å². The van der Waals surface area contributed by atoms with Crippen molar-refractivity contribution in [2.24, 2.45) is 0 Å². The van der Waals surface area contributed by atoms with Gasteiger partial charge >= 0.3 is 5.97 Å². The van der Waals surface area contributed by atoms with Crippen LogP contribution < -0.4 is 14.2 Å². The van der Waals surface area contributed by atoms with Crippen LogP contribution in [0.2, 0.25) is 0 Å². The molecule has 0 saturated carbocycles. The first-order valence-corrected chi connectivity index (χ1v) is 6.84. The zero-order valence-corrected chi connectivity index (χ0v) is 13.6. The molecule has 5 nitrogen and oxygen atoms in total. The van der Waals surface area contributed by atoms with E-state index in [9.17, 15) is 13.6 Å². The average molecular weight is 338 g/mol. The first-order valence-electron chi connectivity index (χ1n) is 6.84. The van der Waals surface area contributed by atoms with Gasteiger partial charge in [-0.15, -0.1) is 0 Å². The number of hydrogen-bond acceptors (Lipinski definition) is 5. The Labute approximate surface area is 137 Å². The number of carbonyl (C=O) groups is 1. The van der Waals surface area contributed by atoms with E-state index >= 15 is 0 Å². The van der Waals surface area contributed by atoms with Gasteiger partial charge in [0.1, 0.15) is 28.9 Å². The van der Waals surface area contributed by atoms with Crippen LogP contribution >= 0.6 is 0 Å². The molecular weight excluding hydrogens is 322 g/mol. The minimum atomic E-state index is -0.947. The predicted molar refractivity (Wildman–Crippen MR) is 82.8 cm³/mol. The topological polar surface area (TPSA) is 54.0 Å². The summed E-state index contributed by atoms with van der Waals surface area (Å²) in [4.78, 5) is 11.5. The molecule has 0 amide bonds. The van der Waals surface area contributed by atoms with E-state index in [1.807, 2.05) is 0 Å². The predicted octanol–water partition coefficient (Wildman–Crippen LogP) is 3.44. The molecule has 0 heterocycles.